The predicted octanol–water partition coefficient (Wildman–Crippen LogP) is 11.4. The maximum absolute atomic E-state index is 6.24. The number of hydrogen-bond donors (Lipinski definition) is 0. The second kappa shape index (κ2) is 12.3. The minimum atomic E-state index is 0.521. The Kier molecular flexibility index (Phi) is 7.03. The van der Waals surface area contributed by atoms with Crippen LogP contribution in [-0.2, 0) is 0 Å². The summed E-state index contributed by atoms with van der Waals surface area (Å²) >= 11 is 0. The molecule has 0 aliphatic heterocycles. The van der Waals surface area contributed by atoms with Crippen molar-refractivity contribution >= 4 is 32.9 Å². The average Bonchev–Trinajstić information content (AvgIpc) is 3.82. The summed E-state index contributed by atoms with van der Waals surface area (Å²) in [5, 5.41) is 2.42. The first-order valence-corrected chi connectivity index (χ1v) is 17.2. The van der Waals surface area contributed by atoms with Gasteiger partial charge in [-0.05, 0) is 59.7 Å². The monoisotopic (exact) mass is 667 g/mol. The molecule has 52 heavy (non-hydrogen) atoms. The Morgan fingerprint density at radius 1 is 0.385 bits per heavy atom. The van der Waals surface area contributed by atoms with Crippen LogP contribution in [0.3, 0.4) is 0 Å². The molecule has 10 rings (SSSR count). The molecule has 0 amide bonds. The molecule has 0 fully saturated rings. The van der Waals surface area contributed by atoms with Gasteiger partial charge in [0.2, 0.25) is 5.89 Å². The fourth-order valence-corrected chi connectivity index (χ4v) is 7.01. The second-order valence-electron chi connectivity index (χ2n) is 12.7. The smallest absolute Gasteiger partial charge is 0.227 e. The van der Waals surface area contributed by atoms with Gasteiger partial charge in [0.05, 0.1) is 11.0 Å². The molecule has 0 saturated carbocycles. The van der Waals surface area contributed by atoms with E-state index in [1.807, 2.05) is 54.6 Å². The summed E-state index contributed by atoms with van der Waals surface area (Å²) in [5.41, 5.74) is 10.4. The Balaban J connectivity index is 1.15. The van der Waals surface area contributed by atoms with Crippen LogP contribution in [0.1, 0.15) is 0 Å². The molecule has 0 spiro atoms. The maximum Gasteiger partial charge on any atom is 0.227 e. The number of hydrogen-bond acceptors (Lipinski definition) is 5. The number of oxazole rings is 1. The molecule has 244 valence electrons. The summed E-state index contributed by atoms with van der Waals surface area (Å²) in [6, 6.07) is 60.0. The van der Waals surface area contributed by atoms with E-state index in [1.54, 1.807) is 0 Å². The van der Waals surface area contributed by atoms with E-state index in [0.717, 1.165) is 50.1 Å². The van der Waals surface area contributed by atoms with Crippen LogP contribution in [0.5, 0.6) is 0 Å². The van der Waals surface area contributed by atoms with Crippen molar-refractivity contribution in [2.75, 3.05) is 0 Å². The molecule has 6 nitrogen and oxygen atoms in total. The van der Waals surface area contributed by atoms with Crippen LogP contribution in [0, 0.1) is 0 Å². The van der Waals surface area contributed by atoms with Gasteiger partial charge >= 0.3 is 0 Å². The van der Waals surface area contributed by atoms with E-state index in [1.165, 1.54) is 10.8 Å². The Labute approximate surface area is 299 Å². The normalized spacial score (nSPS) is 11.5. The van der Waals surface area contributed by atoms with E-state index < -0.39 is 0 Å². The third-order valence-corrected chi connectivity index (χ3v) is 9.51. The molecule has 3 heterocycles. The van der Waals surface area contributed by atoms with Crippen molar-refractivity contribution in [3.8, 4) is 62.4 Å². The Bertz CT molecular complexity index is 2840. The quantitative estimate of drug-likeness (QED) is 0.176. The molecular formula is C46H29N5O. The molecule has 0 atom stereocenters. The number of aromatic nitrogens is 5. The molecule has 10 aromatic rings. The number of rotatable bonds is 6. The summed E-state index contributed by atoms with van der Waals surface area (Å²) in [6.07, 6.45) is 0. The van der Waals surface area contributed by atoms with Crippen molar-refractivity contribution in [2.45, 2.75) is 0 Å². The van der Waals surface area contributed by atoms with Crippen molar-refractivity contribution in [2.24, 2.45) is 0 Å². The maximum atomic E-state index is 6.24. The highest BCUT2D eigenvalue weighted by molar-refractivity contribution is 6.09. The molecule has 3 aromatic heterocycles. The molecule has 0 bridgehead atoms. The van der Waals surface area contributed by atoms with E-state index >= 15 is 0 Å². The van der Waals surface area contributed by atoms with Gasteiger partial charge in [-0.3, -0.25) is 0 Å². The van der Waals surface area contributed by atoms with Crippen LogP contribution < -0.4 is 0 Å². The zero-order valence-electron chi connectivity index (χ0n) is 27.9. The van der Waals surface area contributed by atoms with Crippen LogP contribution in [0.15, 0.2) is 180 Å². The summed E-state index contributed by atoms with van der Waals surface area (Å²) in [6.45, 7) is 0. The highest BCUT2D eigenvalue weighted by atomic mass is 16.3. The van der Waals surface area contributed by atoms with Gasteiger partial charge in [0.15, 0.2) is 23.1 Å². The second-order valence-corrected chi connectivity index (χ2v) is 12.7. The highest BCUT2D eigenvalue weighted by Gasteiger charge is 2.19. The van der Waals surface area contributed by atoms with Crippen molar-refractivity contribution in [1.82, 2.24) is 24.5 Å². The first-order chi connectivity index (χ1) is 25.8. The van der Waals surface area contributed by atoms with Crippen LogP contribution >= 0.6 is 0 Å². The largest absolute Gasteiger partial charge is 0.436 e. The molecular weight excluding hydrogens is 639 g/mol. The Morgan fingerprint density at radius 2 is 0.923 bits per heavy atom. The van der Waals surface area contributed by atoms with Crippen LogP contribution in [0.25, 0.3) is 95.3 Å². The van der Waals surface area contributed by atoms with E-state index in [9.17, 15) is 0 Å². The van der Waals surface area contributed by atoms with Gasteiger partial charge in [0.1, 0.15) is 5.52 Å². The topological polar surface area (TPSA) is 69.6 Å². The van der Waals surface area contributed by atoms with Gasteiger partial charge in [-0.15, -0.1) is 0 Å². The molecule has 0 aliphatic rings. The number of para-hydroxylation sites is 3. The first-order valence-electron chi connectivity index (χ1n) is 17.2. The van der Waals surface area contributed by atoms with Gasteiger partial charge in [0.25, 0.3) is 0 Å². The zero-order chi connectivity index (χ0) is 34.4. The number of benzene rings is 7. The molecule has 6 heteroatoms. The van der Waals surface area contributed by atoms with Crippen molar-refractivity contribution < 1.29 is 4.42 Å². The summed E-state index contributed by atoms with van der Waals surface area (Å²) < 4.78 is 8.55. The SMILES string of the molecule is c1ccc(-c2ccc(-c3nc(-c4cccc(-n5c6ccccc6c6ccccc65)c4)nc(-c4cccc5oc(-c6ccccc6)nc45)n3)cc2)cc1. The van der Waals surface area contributed by atoms with E-state index in [2.05, 4.69) is 126 Å². The average molecular weight is 668 g/mol. The lowest BCUT2D eigenvalue weighted by Crippen LogP contribution is -2.01. The predicted molar refractivity (Wildman–Crippen MR) is 209 cm³/mol. The summed E-state index contributed by atoms with van der Waals surface area (Å²) in [4.78, 5) is 20.3. The van der Waals surface area contributed by atoms with Gasteiger partial charge < -0.3 is 8.98 Å². The summed E-state index contributed by atoms with van der Waals surface area (Å²) in [5.74, 6) is 2.21. The van der Waals surface area contributed by atoms with Crippen molar-refractivity contribution in [3.63, 3.8) is 0 Å². The van der Waals surface area contributed by atoms with E-state index in [4.69, 9.17) is 24.4 Å². The lowest BCUT2D eigenvalue weighted by atomic mass is 10.0. The van der Waals surface area contributed by atoms with Gasteiger partial charge in [-0.1, -0.05) is 127 Å². The minimum Gasteiger partial charge on any atom is -0.436 e. The van der Waals surface area contributed by atoms with Crippen LogP contribution in [0.2, 0.25) is 0 Å². The van der Waals surface area contributed by atoms with Crippen LogP contribution in [-0.4, -0.2) is 24.5 Å². The van der Waals surface area contributed by atoms with Crippen molar-refractivity contribution in [3.05, 3.63) is 176 Å². The fourth-order valence-electron chi connectivity index (χ4n) is 7.01. The van der Waals surface area contributed by atoms with Crippen LogP contribution in [0.4, 0.5) is 0 Å². The van der Waals surface area contributed by atoms with E-state index in [-0.39, 0.29) is 0 Å². The Hall–Kier alpha value is -7.18. The third kappa shape index (κ3) is 5.13. The molecule has 0 unspecified atom stereocenters. The molecule has 0 radical (unpaired) electrons. The molecule has 0 aliphatic carbocycles. The van der Waals surface area contributed by atoms with E-state index in [0.29, 0.717) is 34.5 Å². The zero-order valence-corrected chi connectivity index (χ0v) is 27.9. The molecule has 0 N–H and O–H groups in total. The van der Waals surface area contributed by atoms with Gasteiger partial charge in [-0.2, -0.15) is 0 Å². The van der Waals surface area contributed by atoms with Gasteiger partial charge in [0, 0.05) is 38.7 Å². The van der Waals surface area contributed by atoms with Crippen molar-refractivity contribution in [1.29, 1.82) is 0 Å². The third-order valence-electron chi connectivity index (χ3n) is 9.51. The Morgan fingerprint density at radius 3 is 1.63 bits per heavy atom. The highest BCUT2D eigenvalue weighted by Crippen LogP contribution is 2.35. The minimum absolute atomic E-state index is 0.521. The molecule has 7 aromatic carbocycles. The first kappa shape index (κ1) is 29.7. The fraction of sp³-hybridized carbons (Fsp3) is 0. The lowest BCUT2D eigenvalue weighted by Gasteiger charge is -2.12. The molecule has 0 saturated heterocycles. The number of fused-ring (bicyclic) bond motifs is 4. The summed E-state index contributed by atoms with van der Waals surface area (Å²) in [7, 11) is 0. The van der Waals surface area contributed by atoms with Gasteiger partial charge in [-0.25, -0.2) is 19.9 Å². The standard InChI is InChI=1S/C46H29N5O/c1-3-13-30(14-4-1)31-25-27-32(28-26-31)43-48-44(50-45(49-43)38-21-12-24-41-42(38)47-46(52-41)33-15-5-2-6-16-33)34-17-11-18-35(29-34)51-39-22-9-7-19-36(39)37-20-8-10-23-40(37)51/h1-29H. The number of nitrogens with zero attached hydrogens (tertiary/aromatic N) is 5. The lowest BCUT2D eigenvalue weighted by molar-refractivity contribution is 0.620.